The van der Waals surface area contributed by atoms with Crippen LogP contribution in [0.15, 0.2) is 12.2 Å². The number of nitrogens with zero attached hydrogens (tertiary/aromatic N) is 1. The molecule has 0 aromatic rings. The normalized spacial score (nSPS) is 8.25. The fourth-order valence-electron chi connectivity index (χ4n) is 0.275. The average Bonchev–Trinajstić information content (AvgIpc) is 2.14. The predicted octanol–water partition coefficient (Wildman–Crippen LogP) is 1.49. The summed E-state index contributed by atoms with van der Waals surface area (Å²) in [5, 5.41) is 0. The molecule has 0 fully saturated rings. The minimum atomic E-state index is -0.375. The number of carbonyl (C=O) groups is 1. The summed E-state index contributed by atoms with van der Waals surface area (Å²) in [7, 11) is 6.00. The van der Waals surface area contributed by atoms with Crippen LogP contribution in [-0.2, 0) is 9.53 Å². The van der Waals surface area contributed by atoms with Gasteiger partial charge in [-0.2, -0.15) is 0 Å². The first-order chi connectivity index (χ1) is 7.33. The second-order valence-electron chi connectivity index (χ2n) is 3.31. The van der Waals surface area contributed by atoms with E-state index in [-0.39, 0.29) is 12.6 Å². The van der Waals surface area contributed by atoms with Crippen molar-refractivity contribution in [1.29, 1.82) is 0 Å². The van der Waals surface area contributed by atoms with Crippen LogP contribution in [0.2, 0.25) is 0 Å². The Hall–Kier alpha value is -0.580. The maximum atomic E-state index is 10.5. The summed E-state index contributed by atoms with van der Waals surface area (Å²) in [5.74, 6) is 0.348. The molecule has 0 atom stereocenters. The van der Waals surface area contributed by atoms with E-state index in [2.05, 4.69) is 11.3 Å². The number of alkyl halides is 1. The van der Waals surface area contributed by atoms with Crippen LogP contribution in [0.3, 0.4) is 0 Å². The molecule has 0 saturated heterocycles. The third-order valence-corrected chi connectivity index (χ3v) is 0.699. The molecular formula is C11H25ClN2O2. The summed E-state index contributed by atoms with van der Waals surface area (Å²) in [6, 6.07) is 0. The maximum absolute atomic E-state index is 10.5. The summed E-state index contributed by atoms with van der Waals surface area (Å²) in [4.78, 5) is 12.5. The molecule has 0 aliphatic carbocycles. The number of rotatable bonds is 3. The first-order valence-electron chi connectivity index (χ1n) is 5.02. The summed E-state index contributed by atoms with van der Waals surface area (Å²) in [6.45, 7) is 7.51. The lowest BCUT2D eigenvalue weighted by atomic mass is 10.4. The zero-order valence-corrected chi connectivity index (χ0v) is 11.8. The van der Waals surface area contributed by atoms with E-state index in [1.54, 1.807) is 6.92 Å². The van der Waals surface area contributed by atoms with Crippen LogP contribution in [0, 0.1) is 0 Å². The molecule has 5 heteroatoms. The number of hydrogen-bond acceptors (Lipinski definition) is 4. The van der Waals surface area contributed by atoms with E-state index in [1.165, 1.54) is 0 Å². The van der Waals surface area contributed by atoms with Gasteiger partial charge in [0.25, 0.3) is 0 Å². The van der Waals surface area contributed by atoms with Crippen LogP contribution in [-0.4, -0.2) is 51.0 Å². The van der Waals surface area contributed by atoms with Crippen molar-refractivity contribution in [2.75, 3.05) is 40.2 Å². The van der Waals surface area contributed by atoms with Crippen molar-refractivity contribution in [1.82, 2.24) is 4.90 Å². The van der Waals surface area contributed by atoms with Crippen molar-refractivity contribution >= 4 is 17.6 Å². The van der Waals surface area contributed by atoms with Gasteiger partial charge in [0.2, 0.25) is 0 Å². The topological polar surface area (TPSA) is 55.6 Å². The number of hydrogen-bond donors (Lipinski definition) is 1. The Balaban J connectivity index is -0.000000201. The molecule has 0 aromatic carbocycles. The Morgan fingerprint density at radius 1 is 1.44 bits per heavy atom. The molecule has 0 rings (SSSR count). The van der Waals surface area contributed by atoms with Gasteiger partial charge in [-0.3, -0.25) is 0 Å². The lowest BCUT2D eigenvalue weighted by Gasteiger charge is -1.99. The Morgan fingerprint density at radius 2 is 1.75 bits per heavy atom. The van der Waals surface area contributed by atoms with Crippen LogP contribution in [0.4, 0.5) is 0 Å². The van der Waals surface area contributed by atoms with Gasteiger partial charge in [-0.1, -0.05) is 13.5 Å². The number of ether oxygens (including phenoxy) is 1. The molecule has 0 aliphatic heterocycles. The molecule has 0 unspecified atom stereocenters. The van der Waals surface area contributed by atoms with Crippen LogP contribution in [0.5, 0.6) is 0 Å². The van der Waals surface area contributed by atoms with Crippen LogP contribution < -0.4 is 5.73 Å². The second-order valence-corrected chi connectivity index (χ2v) is 3.85. The number of nitrogens with two attached hydrogens (primary N) is 1. The molecule has 0 bridgehead atoms. The van der Waals surface area contributed by atoms with Gasteiger partial charge < -0.3 is 15.4 Å². The molecular weight excluding hydrogens is 228 g/mol. The third kappa shape index (κ3) is 37.6. The largest absolute Gasteiger partial charge is 0.461 e. The van der Waals surface area contributed by atoms with Gasteiger partial charge in [-0.15, -0.1) is 11.6 Å². The van der Waals surface area contributed by atoms with E-state index in [9.17, 15) is 4.79 Å². The van der Waals surface area contributed by atoms with Crippen molar-refractivity contribution in [2.24, 2.45) is 5.73 Å². The molecule has 0 spiro atoms. The van der Waals surface area contributed by atoms with E-state index in [1.807, 2.05) is 33.0 Å². The smallest absolute Gasteiger partial charge is 0.333 e. The van der Waals surface area contributed by atoms with Crippen molar-refractivity contribution in [3.63, 3.8) is 0 Å². The van der Waals surface area contributed by atoms with E-state index in [0.717, 1.165) is 5.88 Å². The first kappa shape index (κ1) is 20.8. The second kappa shape index (κ2) is 16.8. The molecule has 2 N–H and O–H groups in total. The quantitative estimate of drug-likeness (QED) is 0.470. The van der Waals surface area contributed by atoms with Gasteiger partial charge in [0, 0.05) is 18.0 Å². The average molecular weight is 253 g/mol. The van der Waals surface area contributed by atoms with Crippen molar-refractivity contribution in [3.8, 4) is 0 Å². The van der Waals surface area contributed by atoms with Crippen LogP contribution >= 0.6 is 11.6 Å². The molecule has 0 amide bonds. The monoisotopic (exact) mass is 252 g/mol. The van der Waals surface area contributed by atoms with Gasteiger partial charge in [-0.05, 0) is 28.1 Å². The minimum Gasteiger partial charge on any atom is -0.461 e. The fraction of sp³-hybridized carbons (Fsp3) is 0.727. The lowest BCUT2D eigenvalue weighted by Crippen LogP contribution is -2.13. The summed E-state index contributed by atoms with van der Waals surface area (Å²) < 4.78 is 4.59. The van der Waals surface area contributed by atoms with Gasteiger partial charge in [0.15, 0.2) is 0 Å². The summed E-state index contributed by atoms with van der Waals surface area (Å²) >= 11 is 5.00. The number of carbonyl (C=O) groups excluding carboxylic acids is 1. The van der Waals surface area contributed by atoms with Gasteiger partial charge in [-0.25, -0.2) is 4.79 Å². The molecule has 0 heterocycles. The molecule has 0 radical (unpaired) electrons. The highest BCUT2D eigenvalue weighted by molar-refractivity contribution is 6.17. The lowest BCUT2D eigenvalue weighted by molar-refractivity contribution is -0.138. The minimum absolute atomic E-state index is 0.270. The number of esters is 1. The van der Waals surface area contributed by atoms with Crippen LogP contribution in [0.1, 0.15) is 13.8 Å². The van der Waals surface area contributed by atoms with Gasteiger partial charge in [0.05, 0.1) is 0 Å². The van der Waals surface area contributed by atoms with Gasteiger partial charge >= 0.3 is 5.97 Å². The summed E-state index contributed by atoms with van der Waals surface area (Å²) in [5.41, 5.74) is 5.48. The molecule has 0 aromatic heterocycles. The van der Waals surface area contributed by atoms with Crippen LogP contribution in [0.25, 0.3) is 0 Å². The Labute approximate surface area is 104 Å². The van der Waals surface area contributed by atoms with Crippen molar-refractivity contribution < 1.29 is 9.53 Å². The first-order valence-corrected chi connectivity index (χ1v) is 5.56. The molecule has 0 saturated carbocycles. The molecule has 4 nitrogen and oxygen atoms in total. The zero-order valence-electron chi connectivity index (χ0n) is 11.0. The fourth-order valence-corrected chi connectivity index (χ4v) is 0.275. The molecule has 98 valence electrons. The van der Waals surface area contributed by atoms with Crippen molar-refractivity contribution in [2.45, 2.75) is 13.8 Å². The highest BCUT2D eigenvalue weighted by Gasteiger charge is 1.99. The highest BCUT2D eigenvalue weighted by atomic mass is 35.5. The standard InChI is InChI=1S/C6H11NO2.C3H9N.C2H5Cl/c1-5(2)6(8)9-4-3-7;1-4(2)3;1-2-3/h1,3-4,7H2,2H3;1-3H3;2H2,1H3. The molecule has 16 heavy (non-hydrogen) atoms. The predicted molar refractivity (Wildman–Crippen MR) is 70.8 cm³/mol. The highest BCUT2D eigenvalue weighted by Crippen LogP contribution is 1.89. The van der Waals surface area contributed by atoms with Crippen molar-refractivity contribution in [3.05, 3.63) is 12.2 Å². The van der Waals surface area contributed by atoms with E-state index >= 15 is 0 Å². The summed E-state index contributed by atoms with van der Waals surface area (Å²) in [6.07, 6.45) is 0. The zero-order chi connectivity index (χ0) is 13.6. The Kier molecular flexibility index (Phi) is 21.9. The van der Waals surface area contributed by atoms with E-state index < -0.39 is 0 Å². The molecule has 0 aliphatic rings. The Bertz CT molecular complexity index is 171. The maximum Gasteiger partial charge on any atom is 0.333 e. The number of halogens is 1. The van der Waals surface area contributed by atoms with E-state index in [4.69, 9.17) is 17.3 Å². The van der Waals surface area contributed by atoms with Gasteiger partial charge in [0.1, 0.15) is 6.61 Å². The van der Waals surface area contributed by atoms with E-state index in [0.29, 0.717) is 12.1 Å². The third-order valence-electron chi connectivity index (χ3n) is 0.699. The Morgan fingerprint density at radius 3 is 1.94 bits per heavy atom. The SMILES string of the molecule is C=C(C)C(=O)OCCN.CCCl.CN(C)C.